The van der Waals surface area contributed by atoms with Crippen molar-refractivity contribution in [2.45, 2.75) is 63.8 Å². The van der Waals surface area contributed by atoms with Crippen molar-refractivity contribution in [1.29, 1.82) is 0 Å². The Labute approximate surface area is 155 Å². The van der Waals surface area contributed by atoms with Gasteiger partial charge in [-0.05, 0) is 30.4 Å². The monoisotopic (exact) mass is 374 g/mol. The number of nitrogens with one attached hydrogen (secondary N) is 1. The quantitative estimate of drug-likeness (QED) is 0.892. The van der Waals surface area contributed by atoms with Gasteiger partial charge in [0, 0.05) is 35.3 Å². The third-order valence-corrected chi connectivity index (χ3v) is 6.05. The summed E-state index contributed by atoms with van der Waals surface area (Å²) in [5, 5.41) is 0. The maximum Gasteiger partial charge on any atom is 0.242 e. The summed E-state index contributed by atoms with van der Waals surface area (Å²) in [4.78, 5) is 13.4. The molecule has 0 saturated heterocycles. The first kappa shape index (κ1) is 18.9. The Morgan fingerprint density at radius 3 is 2.58 bits per heavy atom. The number of fused-ring (bicyclic) bond motifs is 1. The molecule has 3 rings (SSSR count). The predicted octanol–water partition coefficient (Wildman–Crippen LogP) is 3.16. The lowest BCUT2D eigenvalue weighted by Gasteiger charge is -2.36. The van der Waals surface area contributed by atoms with Crippen LogP contribution in [0.2, 0.25) is 0 Å². The van der Waals surface area contributed by atoms with Crippen molar-refractivity contribution in [3.8, 4) is 0 Å². The first-order valence-corrected chi connectivity index (χ1v) is 10.2. The predicted molar refractivity (Wildman–Crippen MR) is 100 cm³/mol. The number of nitrogens with zero attached hydrogens (tertiary/aromatic N) is 3. The van der Waals surface area contributed by atoms with E-state index in [1.54, 1.807) is 24.5 Å². The molecule has 2 aromatic rings. The van der Waals surface area contributed by atoms with Crippen LogP contribution in [0.1, 0.15) is 64.2 Å². The van der Waals surface area contributed by atoms with Gasteiger partial charge in [0.25, 0.3) is 0 Å². The lowest BCUT2D eigenvalue weighted by molar-refractivity contribution is 0.267. The summed E-state index contributed by atoms with van der Waals surface area (Å²) in [6.45, 7) is 10.5. The molecule has 26 heavy (non-hydrogen) atoms. The van der Waals surface area contributed by atoms with E-state index in [4.69, 9.17) is 4.98 Å². The van der Waals surface area contributed by atoms with Gasteiger partial charge in [0.15, 0.2) is 0 Å². The normalized spacial score (nSPS) is 19.8. The summed E-state index contributed by atoms with van der Waals surface area (Å²) in [7, 11) is -3.66. The third-order valence-electron chi connectivity index (χ3n) is 4.59. The molecule has 0 spiro atoms. The zero-order valence-electron chi connectivity index (χ0n) is 15.9. The molecule has 2 aromatic heterocycles. The molecule has 0 saturated carbocycles. The van der Waals surface area contributed by atoms with Crippen molar-refractivity contribution in [2.24, 2.45) is 5.41 Å². The molecule has 0 amide bonds. The van der Waals surface area contributed by atoms with E-state index in [1.165, 1.54) is 6.20 Å². The summed E-state index contributed by atoms with van der Waals surface area (Å²) in [5.41, 5.74) is 1.59. The lowest BCUT2D eigenvalue weighted by atomic mass is 9.74. The molecule has 2 heterocycles. The highest BCUT2D eigenvalue weighted by Crippen LogP contribution is 2.40. The molecule has 0 unspecified atom stereocenters. The van der Waals surface area contributed by atoms with Gasteiger partial charge < -0.3 is 0 Å². The average Bonchev–Trinajstić information content (AvgIpc) is 2.53. The molecule has 1 aliphatic carbocycles. The highest BCUT2D eigenvalue weighted by atomic mass is 32.2. The number of hydrogen-bond acceptors (Lipinski definition) is 5. The van der Waals surface area contributed by atoms with Gasteiger partial charge in [-0.15, -0.1) is 0 Å². The zero-order chi connectivity index (χ0) is 19.2. The van der Waals surface area contributed by atoms with E-state index in [0.717, 1.165) is 23.5 Å². The van der Waals surface area contributed by atoms with Crippen molar-refractivity contribution in [3.63, 3.8) is 0 Å². The second-order valence-electron chi connectivity index (χ2n) is 8.75. The van der Waals surface area contributed by atoms with Gasteiger partial charge in [0.1, 0.15) is 10.7 Å². The molecular formula is C19H26N4O2S. The number of rotatable bonds is 3. The molecule has 7 heteroatoms. The van der Waals surface area contributed by atoms with Crippen LogP contribution in [0.4, 0.5) is 0 Å². The maximum atomic E-state index is 12.8. The van der Waals surface area contributed by atoms with Crippen LogP contribution >= 0.6 is 0 Å². The first-order valence-electron chi connectivity index (χ1n) is 8.77. The number of aromatic nitrogens is 3. The summed E-state index contributed by atoms with van der Waals surface area (Å²) in [6.07, 6.45) is 6.20. The average molecular weight is 375 g/mol. The molecule has 0 aliphatic heterocycles. The van der Waals surface area contributed by atoms with Gasteiger partial charge in [-0.2, -0.15) is 0 Å². The van der Waals surface area contributed by atoms with Crippen LogP contribution in [-0.4, -0.2) is 23.4 Å². The van der Waals surface area contributed by atoms with Gasteiger partial charge in [-0.3, -0.25) is 4.98 Å². The topological polar surface area (TPSA) is 84.8 Å². The highest BCUT2D eigenvalue weighted by molar-refractivity contribution is 7.89. The van der Waals surface area contributed by atoms with Crippen molar-refractivity contribution in [3.05, 3.63) is 47.8 Å². The van der Waals surface area contributed by atoms with Crippen LogP contribution in [0.25, 0.3) is 0 Å². The fourth-order valence-corrected chi connectivity index (χ4v) is 4.45. The molecule has 0 radical (unpaired) electrons. The molecule has 0 aromatic carbocycles. The van der Waals surface area contributed by atoms with Crippen LogP contribution < -0.4 is 4.72 Å². The smallest absolute Gasteiger partial charge is 0.242 e. The van der Waals surface area contributed by atoms with Crippen LogP contribution in [0, 0.1) is 5.41 Å². The number of pyridine rings is 1. The summed E-state index contributed by atoms with van der Waals surface area (Å²) < 4.78 is 28.3. The van der Waals surface area contributed by atoms with E-state index in [0.29, 0.717) is 6.42 Å². The van der Waals surface area contributed by atoms with E-state index in [9.17, 15) is 8.42 Å². The van der Waals surface area contributed by atoms with E-state index in [-0.39, 0.29) is 21.8 Å². The van der Waals surface area contributed by atoms with Crippen LogP contribution in [0.3, 0.4) is 0 Å². The summed E-state index contributed by atoms with van der Waals surface area (Å²) >= 11 is 0. The largest absolute Gasteiger partial charge is 0.263 e. The van der Waals surface area contributed by atoms with Crippen LogP contribution in [0.5, 0.6) is 0 Å². The Bertz CT molecular complexity index is 903. The molecule has 1 atom stereocenters. The van der Waals surface area contributed by atoms with Gasteiger partial charge in [0.2, 0.25) is 10.0 Å². The first-order chi connectivity index (χ1) is 12.0. The minimum absolute atomic E-state index is 0.0569. The second-order valence-corrected chi connectivity index (χ2v) is 10.5. The fourth-order valence-electron chi connectivity index (χ4n) is 3.28. The van der Waals surface area contributed by atoms with Crippen LogP contribution in [0.15, 0.2) is 35.6 Å². The van der Waals surface area contributed by atoms with E-state index in [1.807, 2.05) is 0 Å². The molecule has 140 valence electrons. The van der Waals surface area contributed by atoms with E-state index < -0.39 is 10.0 Å². The van der Waals surface area contributed by atoms with Crippen LogP contribution in [-0.2, 0) is 21.9 Å². The van der Waals surface area contributed by atoms with Gasteiger partial charge in [-0.1, -0.05) is 34.6 Å². The van der Waals surface area contributed by atoms with Gasteiger partial charge >= 0.3 is 0 Å². The minimum Gasteiger partial charge on any atom is -0.263 e. The van der Waals surface area contributed by atoms with Crippen molar-refractivity contribution in [2.75, 3.05) is 0 Å². The molecular weight excluding hydrogens is 348 g/mol. The maximum absolute atomic E-state index is 12.8. The SMILES string of the molecule is CC1(C)Cc2nc(C(C)(C)C)ncc2[C@@H](NS(=O)(=O)c2cccnc2)C1. The standard InChI is InChI=1S/C19H26N4O2S/c1-18(2,3)17-21-12-14-15(22-17)9-19(4,5)10-16(14)23-26(24,25)13-7-6-8-20-11-13/h6-8,11-12,16,23H,9-10H2,1-5H3/t16-/m0/s1. The minimum atomic E-state index is -3.66. The van der Waals surface area contributed by atoms with Gasteiger partial charge in [-0.25, -0.2) is 23.1 Å². The number of hydrogen-bond donors (Lipinski definition) is 1. The summed E-state index contributed by atoms with van der Waals surface area (Å²) in [5.74, 6) is 0.780. The Morgan fingerprint density at radius 1 is 1.23 bits per heavy atom. The molecule has 6 nitrogen and oxygen atoms in total. The van der Waals surface area contributed by atoms with Crippen molar-refractivity contribution >= 4 is 10.0 Å². The molecule has 0 bridgehead atoms. The molecule has 1 N–H and O–H groups in total. The third kappa shape index (κ3) is 3.94. The Balaban J connectivity index is 1.99. The Morgan fingerprint density at radius 2 is 1.96 bits per heavy atom. The van der Waals surface area contributed by atoms with Gasteiger partial charge in [0.05, 0.1) is 6.04 Å². The van der Waals surface area contributed by atoms with E-state index in [2.05, 4.69) is 49.3 Å². The zero-order valence-corrected chi connectivity index (χ0v) is 16.8. The Kier molecular flexibility index (Phi) is 4.65. The number of sulfonamides is 1. The highest BCUT2D eigenvalue weighted by Gasteiger charge is 2.36. The molecule has 1 aliphatic rings. The fraction of sp³-hybridized carbons (Fsp3) is 0.526. The second kappa shape index (κ2) is 6.39. The molecule has 0 fully saturated rings. The van der Waals surface area contributed by atoms with E-state index >= 15 is 0 Å². The van der Waals surface area contributed by atoms with Crippen molar-refractivity contribution < 1.29 is 8.42 Å². The lowest BCUT2D eigenvalue weighted by Crippen LogP contribution is -2.37. The Hall–Kier alpha value is -1.86. The summed E-state index contributed by atoms with van der Waals surface area (Å²) in [6, 6.07) is 2.81. The van der Waals surface area contributed by atoms with Crippen molar-refractivity contribution in [1.82, 2.24) is 19.7 Å².